The number of hydrogen-bond acceptors (Lipinski definition) is 2. The van der Waals surface area contributed by atoms with Crippen molar-refractivity contribution in [2.75, 3.05) is 5.32 Å². The highest BCUT2D eigenvalue weighted by Crippen LogP contribution is 2.38. The highest BCUT2D eigenvalue weighted by Gasteiger charge is 2.31. The molecule has 0 saturated heterocycles. The van der Waals surface area contributed by atoms with Gasteiger partial charge in [0.15, 0.2) is 0 Å². The van der Waals surface area contributed by atoms with Crippen molar-refractivity contribution in [3.63, 3.8) is 0 Å². The Kier molecular flexibility index (Phi) is 3.54. The average Bonchev–Trinajstić information content (AvgIpc) is 2.74. The number of rotatable bonds is 3. The van der Waals surface area contributed by atoms with Crippen LogP contribution in [0.4, 0.5) is 10.1 Å². The summed E-state index contributed by atoms with van der Waals surface area (Å²) in [6.45, 7) is 4.70. The molecule has 0 amide bonds. The molecule has 0 atom stereocenters. The molecule has 21 heavy (non-hydrogen) atoms. The van der Waals surface area contributed by atoms with Crippen LogP contribution in [0.15, 0.2) is 36.4 Å². The number of halogens is 2. The zero-order chi connectivity index (χ0) is 15.0. The Balaban J connectivity index is 1.81. The first-order chi connectivity index (χ1) is 9.94. The van der Waals surface area contributed by atoms with Crippen LogP contribution < -0.4 is 10.1 Å². The molecular formula is C17H17ClFNO. The Morgan fingerprint density at radius 3 is 2.90 bits per heavy atom. The first kappa shape index (κ1) is 14.2. The third kappa shape index (κ3) is 2.98. The van der Waals surface area contributed by atoms with Crippen molar-refractivity contribution in [2.24, 2.45) is 0 Å². The number of anilines is 1. The maximum atomic E-state index is 13.3. The van der Waals surface area contributed by atoms with Crippen LogP contribution in [0.2, 0.25) is 5.02 Å². The van der Waals surface area contributed by atoms with E-state index in [4.69, 9.17) is 16.3 Å². The van der Waals surface area contributed by atoms with Gasteiger partial charge in [-0.25, -0.2) is 4.39 Å². The lowest BCUT2D eigenvalue weighted by atomic mass is 10.0. The molecule has 0 aliphatic carbocycles. The smallest absolute Gasteiger partial charge is 0.128 e. The quantitative estimate of drug-likeness (QED) is 0.879. The van der Waals surface area contributed by atoms with Gasteiger partial charge in [0.2, 0.25) is 0 Å². The zero-order valence-corrected chi connectivity index (χ0v) is 12.8. The van der Waals surface area contributed by atoms with Crippen molar-refractivity contribution < 1.29 is 9.13 Å². The molecule has 0 radical (unpaired) electrons. The summed E-state index contributed by atoms with van der Waals surface area (Å²) < 4.78 is 19.3. The van der Waals surface area contributed by atoms with Gasteiger partial charge >= 0.3 is 0 Å². The molecule has 110 valence electrons. The standard InChI is InChI=1S/C17H17ClFNO/c1-17(2)9-11-4-3-5-12(16(11)21-17)10-20-15-8-13(19)6-7-14(15)18/h3-8,20H,9-10H2,1-2H3. The third-order valence-electron chi connectivity index (χ3n) is 3.57. The van der Waals surface area contributed by atoms with E-state index >= 15 is 0 Å². The van der Waals surface area contributed by atoms with Gasteiger partial charge in [-0.15, -0.1) is 0 Å². The van der Waals surface area contributed by atoms with Crippen molar-refractivity contribution in [2.45, 2.75) is 32.4 Å². The van der Waals surface area contributed by atoms with E-state index in [9.17, 15) is 4.39 Å². The fourth-order valence-corrected chi connectivity index (χ4v) is 2.83. The van der Waals surface area contributed by atoms with Gasteiger partial charge in [-0.1, -0.05) is 29.8 Å². The van der Waals surface area contributed by atoms with Crippen molar-refractivity contribution in [1.82, 2.24) is 0 Å². The van der Waals surface area contributed by atoms with Gasteiger partial charge < -0.3 is 10.1 Å². The van der Waals surface area contributed by atoms with Crippen molar-refractivity contribution in [3.8, 4) is 5.75 Å². The number of nitrogens with one attached hydrogen (secondary N) is 1. The molecule has 2 aromatic rings. The fourth-order valence-electron chi connectivity index (χ4n) is 2.64. The van der Waals surface area contributed by atoms with Gasteiger partial charge in [0.05, 0.1) is 10.7 Å². The Hall–Kier alpha value is -1.74. The third-order valence-corrected chi connectivity index (χ3v) is 3.90. The van der Waals surface area contributed by atoms with Crippen LogP contribution in [0.5, 0.6) is 5.75 Å². The van der Waals surface area contributed by atoms with E-state index in [0.717, 1.165) is 17.7 Å². The fraction of sp³-hybridized carbons (Fsp3) is 0.294. The summed E-state index contributed by atoms with van der Waals surface area (Å²) in [7, 11) is 0. The highest BCUT2D eigenvalue weighted by atomic mass is 35.5. The van der Waals surface area contributed by atoms with E-state index in [0.29, 0.717) is 17.3 Å². The minimum Gasteiger partial charge on any atom is -0.487 e. The molecule has 1 N–H and O–H groups in total. The molecule has 2 nitrogen and oxygen atoms in total. The number of ether oxygens (including phenoxy) is 1. The molecule has 2 aromatic carbocycles. The van der Waals surface area contributed by atoms with E-state index in [1.54, 1.807) is 6.07 Å². The predicted octanol–water partition coefficient (Wildman–Crippen LogP) is 4.80. The predicted molar refractivity (Wildman–Crippen MR) is 83.6 cm³/mol. The normalized spacial score (nSPS) is 15.4. The largest absolute Gasteiger partial charge is 0.487 e. The summed E-state index contributed by atoms with van der Waals surface area (Å²) in [4.78, 5) is 0. The average molecular weight is 306 g/mol. The minimum absolute atomic E-state index is 0.172. The summed E-state index contributed by atoms with van der Waals surface area (Å²) in [6, 6.07) is 10.4. The molecule has 1 aliphatic heterocycles. The molecule has 0 aromatic heterocycles. The topological polar surface area (TPSA) is 21.3 Å². The summed E-state index contributed by atoms with van der Waals surface area (Å²) in [6.07, 6.45) is 0.900. The lowest BCUT2D eigenvalue weighted by Crippen LogP contribution is -2.25. The lowest BCUT2D eigenvalue weighted by molar-refractivity contribution is 0.137. The molecule has 0 unspecified atom stereocenters. The molecule has 3 rings (SSSR count). The maximum absolute atomic E-state index is 13.3. The Morgan fingerprint density at radius 1 is 1.29 bits per heavy atom. The van der Waals surface area contributed by atoms with Crippen molar-refractivity contribution >= 4 is 17.3 Å². The first-order valence-corrected chi connectivity index (χ1v) is 7.31. The second kappa shape index (κ2) is 5.23. The maximum Gasteiger partial charge on any atom is 0.128 e. The number of fused-ring (bicyclic) bond motifs is 1. The molecule has 1 heterocycles. The highest BCUT2D eigenvalue weighted by molar-refractivity contribution is 6.33. The molecule has 0 saturated carbocycles. The number of para-hydroxylation sites is 1. The molecule has 0 bridgehead atoms. The van der Waals surface area contributed by atoms with Gasteiger partial charge in [-0.2, -0.15) is 0 Å². The van der Waals surface area contributed by atoms with Crippen LogP contribution in [-0.4, -0.2) is 5.60 Å². The van der Waals surface area contributed by atoms with Crippen LogP contribution >= 0.6 is 11.6 Å². The van der Waals surface area contributed by atoms with E-state index < -0.39 is 0 Å². The van der Waals surface area contributed by atoms with Crippen LogP contribution in [0.1, 0.15) is 25.0 Å². The van der Waals surface area contributed by atoms with E-state index in [-0.39, 0.29) is 11.4 Å². The van der Waals surface area contributed by atoms with Gasteiger partial charge in [-0.3, -0.25) is 0 Å². The van der Waals surface area contributed by atoms with Gasteiger partial charge in [0, 0.05) is 18.5 Å². The van der Waals surface area contributed by atoms with Crippen molar-refractivity contribution in [3.05, 3.63) is 58.4 Å². The molecular weight excluding hydrogens is 289 g/mol. The van der Waals surface area contributed by atoms with Gasteiger partial charge in [0.25, 0.3) is 0 Å². The zero-order valence-electron chi connectivity index (χ0n) is 12.0. The van der Waals surface area contributed by atoms with Crippen LogP contribution in [0.25, 0.3) is 0 Å². The van der Waals surface area contributed by atoms with E-state index in [2.05, 4.69) is 25.2 Å². The Labute approximate surface area is 128 Å². The molecule has 4 heteroatoms. The van der Waals surface area contributed by atoms with Gasteiger partial charge in [0.1, 0.15) is 17.2 Å². The Bertz CT molecular complexity index is 684. The summed E-state index contributed by atoms with van der Waals surface area (Å²) >= 11 is 6.06. The lowest BCUT2D eigenvalue weighted by Gasteiger charge is -2.18. The minimum atomic E-state index is -0.308. The SMILES string of the molecule is CC1(C)Cc2cccc(CNc3cc(F)ccc3Cl)c2O1. The second-order valence-electron chi connectivity index (χ2n) is 5.92. The summed E-state index contributed by atoms with van der Waals surface area (Å²) in [5.41, 5.74) is 2.68. The van der Waals surface area contributed by atoms with E-state index in [1.807, 2.05) is 12.1 Å². The second-order valence-corrected chi connectivity index (χ2v) is 6.33. The Morgan fingerprint density at radius 2 is 2.10 bits per heavy atom. The first-order valence-electron chi connectivity index (χ1n) is 6.93. The van der Waals surface area contributed by atoms with E-state index in [1.165, 1.54) is 17.7 Å². The van der Waals surface area contributed by atoms with Crippen LogP contribution in [0.3, 0.4) is 0 Å². The van der Waals surface area contributed by atoms with Crippen LogP contribution in [-0.2, 0) is 13.0 Å². The summed E-state index contributed by atoms with van der Waals surface area (Å²) in [5, 5.41) is 3.68. The molecule has 0 fully saturated rings. The summed E-state index contributed by atoms with van der Waals surface area (Å²) in [5.74, 6) is 0.625. The van der Waals surface area contributed by atoms with Crippen LogP contribution in [0, 0.1) is 5.82 Å². The number of hydrogen-bond donors (Lipinski definition) is 1. The van der Waals surface area contributed by atoms with Gasteiger partial charge in [-0.05, 0) is 37.6 Å². The monoisotopic (exact) mass is 305 g/mol. The van der Waals surface area contributed by atoms with Crippen molar-refractivity contribution in [1.29, 1.82) is 0 Å². The molecule has 0 spiro atoms. The molecule has 1 aliphatic rings. The number of benzene rings is 2.